The summed E-state index contributed by atoms with van der Waals surface area (Å²) in [7, 11) is 0. The number of carbonyl (C=O) groups excluding carboxylic acids is 1. The second-order valence-electron chi connectivity index (χ2n) is 5.18. The lowest BCUT2D eigenvalue weighted by molar-refractivity contribution is 0.102. The second kappa shape index (κ2) is 7.27. The average Bonchev–Trinajstić information content (AvgIpc) is 2.60. The summed E-state index contributed by atoms with van der Waals surface area (Å²) in [6.07, 6.45) is 2.92. The molecular weight excluding hydrogens is 348 g/mol. The highest BCUT2D eigenvalue weighted by Crippen LogP contribution is 2.23. The zero-order valence-corrected chi connectivity index (χ0v) is 13.5. The summed E-state index contributed by atoms with van der Waals surface area (Å²) < 4.78 is 26.1. The molecule has 4 nitrogen and oxygen atoms in total. The number of hydrogen-bond donors (Lipinski definition) is 2. The molecule has 1 aromatic heterocycles. The van der Waals surface area contributed by atoms with E-state index in [1.807, 2.05) is 0 Å². The van der Waals surface area contributed by atoms with Gasteiger partial charge in [0.25, 0.3) is 5.91 Å². The van der Waals surface area contributed by atoms with Crippen molar-refractivity contribution >= 4 is 34.6 Å². The standard InChI is InChI=1S/C18H12ClF2N3O/c19-16-8-14(5-6-17(16)21)23-15-7-11(9-22-10-15)18(25)24-13-3-1-12(20)2-4-13/h1-10,23H,(H,24,25). The number of nitrogens with one attached hydrogen (secondary N) is 2. The molecule has 3 rings (SSSR count). The van der Waals surface area contributed by atoms with Gasteiger partial charge in [-0.1, -0.05) is 11.6 Å². The van der Waals surface area contributed by atoms with Crippen LogP contribution in [0.25, 0.3) is 0 Å². The number of rotatable bonds is 4. The van der Waals surface area contributed by atoms with Crippen molar-refractivity contribution in [3.63, 3.8) is 0 Å². The largest absolute Gasteiger partial charge is 0.354 e. The normalized spacial score (nSPS) is 10.4. The molecule has 1 heterocycles. The topological polar surface area (TPSA) is 54.0 Å². The number of anilines is 3. The Morgan fingerprint density at radius 2 is 1.64 bits per heavy atom. The van der Waals surface area contributed by atoms with Crippen molar-refractivity contribution in [3.8, 4) is 0 Å². The zero-order valence-electron chi connectivity index (χ0n) is 12.8. The number of benzene rings is 2. The molecule has 0 unspecified atom stereocenters. The number of halogens is 3. The van der Waals surface area contributed by atoms with Crippen LogP contribution in [0.1, 0.15) is 10.4 Å². The van der Waals surface area contributed by atoms with Crippen molar-refractivity contribution in [1.29, 1.82) is 0 Å². The Hall–Kier alpha value is -2.99. The molecule has 126 valence electrons. The van der Waals surface area contributed by atoms with E-state index in [0.717, 1.165) is 0 Å². The van der Waals surface area contributed by atoms with E-state index in [2.05, 4.69) is 15.6 Å². The molecule has 0 atom stereocenters. The second-order valence-corrected chi connectivity index (χ2v) is 5.58. The van der Waals surface area contributed by atoms with Gasteiger partial charge >= 0.3 is 0 Å². The van der Waals surface area contributed by atoms with Crippen LogP contribution >= 0.6 is 11.6 Å². The van der Waals surface area contributed by atoms with Crippen LogP contribution < -0.4 is 10.6 Å². The Morgan fingerprint density at radius 3 is 2.36 bits per heavy atom. The molecule has 2 N–H and O–H groups in total. The highest BCUT2D eigenvalue weighted by molar-refractivity contribution is 6.31. The maximum atomic E-state index is 13.2. The fourth-order valence-electron chi connectivity index (χ4n) is 2.11. The summed E-state index contributed by atoms with van der Waals surface area (Å²) in [5.74, 6) is -1.29. The number of aromatic nitrogens is 1. The fourth-order valence-corrected chi connectivity index (χ4v) is 2.29. The molecule has 0 bridgehead atoms. The van der Waals surface area contributed by atoms with Gasteiger partial charge in [0.1, 0.15) is 11.6 Å². The molecule has 0 aliphatic carbocycles. The molecule has 25 heavy (non-hydrogen) atoms. The molecule has 0 saturated carbocycles. The summed E-state index contributed by atoms with van der Waals surface area (Å²) in [6.45, 7) is 0. The van der Waals surface area contributed by atoms with Crippen LogP contribution in [0.15, 0.2) is 60.9 Å². The molecule has 3 aromatic rings. The fraction of sp³-hybridized carbons (Fsp3) is 0. The number of carbonyl (C=O) groups is 1. The van der Waals surface area contributed by atoms with E-state index < -0.39 is 5.82 Å². The van der Waals surface area contributed by atoms with Gasteiger partial charge in [-0.05, 0) is 48.5 Å². The van der Waals surface area contributed by atoms with Crippen molar-refractivity contribution in [2.24, 2.45) is 0 Å². The maximum Gasteiger partial charge on any atom is 0.257 e. The third kappa shape index (κ3) is 4.30. The molecule has 1 amide bonds. The van der Waals surface area contributed by atoms with Crippen LogP contribution in [0.3, 0.4) is 0 Å². The molecule has 0 spiro atoms. The molecular formula is C18H12ClF2N3O. The van der Waals surface area contributed by atoms with Gasteiger partial charge in [0.2, 0.25) is 0 Å². The maximum absolute atomic E-state index is 13.2. The van der Waals surface area contributed by atoms with Gasteiger partial charge in [-0.15, -0.1) is 0 Å². The van der Waals surface area contributed by atoms with Crippen LogP contribution in [0.4, 0.5) is 25.8 Å². The van der Waals surface area contributed by atoms with Gasteiger partial charge in [0, 0.05) is 17.6 Å². The highest BCUT2D eigenvalue weighted by atomic mass is 35.5. The smallest absolute Gasteiger partial charge is 0.257 e. The highest BCUT2D eigenvalue weighted by Gasteiger charge is 2.08. The molecule has 0 saturated heterocycles. The predicted molar refractivity (Wildman–Crippen MR) is 93.3 cm³/mol. The van der Waals surface area contributed by atoms with Gasteiger partial charge in [-0.2, -0.15) is 0 Å². The van der Waals surface area contributed by atoms with Crippen molar-refractivity contribution in [1.82, 2.24) is 4.98 Å². The third-order valence-corrected chi connectivity index (χ3v) is 3.60. The quantitative estimate of drug-likeness (QED) is 0.688. The summed E-state index contributed by atoms with van der Waals surface area (Å²) >= 11 is 5.74. The van der Waals surface area contributed by atoms with Crippen LogP contribution in [-0.2, 0) is 0 Å². The van der Waals surface area contributed by atoms with Gasteiger partial charge in [-0.25, -0.2) is 8.78 Å². The van der Waals surface area contributed by atoms with Crippen LogP contribution in [0, 0.1) is 11.6 Å². The number of nitrogens with zero attached hydrogens (tertiary/aromatic N) is 1. The molecule has 0 fully saturated rings. The Bertz CT molecular complexity index is 916. The number of hydrogen-bond acceptors (Lipinski definition) is 3. The first-order valence-corrected chi connectivity index (χ1v) is 7.63. The van der Waals surface area contributed by atoms with E-state index in [0.29, 0.717) is 22.6 Å². The third-order valence-electron chi connectivity index (χ3n) is 3.31. The van der Waals surface area contributed by atoms with Gasteiger partial charge in [0.05, 0.1) is 22.5 Å². The van der Waals surface area contributed by atoms with Crippen LogP contribution in [-0.4, -0.2) is 10.9 Å². The average molecular weight is 360 g/mol. The Balaban J connectivity index is 1.75. The van der Waals surface area contributed by atoms with Crippen molar-refractivity contribution in [2.45, 2.75) is 0 Å². The lowest BCUT2D eigenvalue weighted by Crippen LogP contribution is -2.12. The molecule has 0 aliphatic rings. The SMILES string of the molecule is O=C(Nc1ccc(F)cc1)c1cncc(Nc2ccc(F)c(Cl)c2)c1. The summed E-state index contributed by atoms with van der Waals surface area (Å²) in [6, 6.07) is 11.2. The Labute approximate surface area is 147 Å². The minimum Gasteiger partial charge on any atom is -0.354 e. The number of amides is 1. The minimum atomic E-state index is -0.516. The van der Waals surface area contributed by atoms with Crippen molar-refractivity contribution < 1.29 is 13.6 Å². The van der Waals surface area contributed by atoms with Gasteiger partial charge in [-0.3, -0.25) is 9.78 Å². The molecule has 7 heteroatoms. The monoisotopic (exact) mass is 359 g/mol. The van der Waals surface area contributed by atoms with Gasteiger partial charge in [0.15, 0.2) is 0 Å². The Morgan fingerprint density at radius 1 is 0.920 bits per heavy atom. The first-order valence-electron chi connectivity index (χ1n) is 7.25. The Kier molecular flexibility index (Phi) is 4.90. The summed E-state index contributed by atoms with van der Waals surface area (Å²) in [5, 5.41) is 5.63. The molecule has 0 aliphatic heterocycles. The van der Waals surface area contributed by atoms with Crippen molar-refractivity contribution in [2.75, 3.05) is 10.6 Å². The van der Waals surface area contributed by atoms with E-state index in [4.69, 9.17) is 11.6 Å². The summed E-state index contributed by atoms with van der Waals surface area (Å²) in [5.41, 5.74) is 1.87. The van der Waals surface area contributed by atoms with Crippen LogP contribution in [0.2, 0.25) is 5.02 Å². The first-order chi connectivity index (χ1) is 12.0. The van der Waals surface area contributed by atoms with E-state index in [1.165, 1.54) is 54.9 Å². The lowest BCUT2D eigenvalue weighted by atomic mass is 10.2. The van der Waals surface area contributed by atoms with E-state index >= 15 is 0 Å². The van der Waals surface area contributed by atoms with Crippen LogP contribution in [0.5, 0.6) is 0 Å². The minimum absolute atomic E-state index is 0.0110. The van der Waals surface area contributed by atoms with Crippen molar-refractivity contribution in [3.05, 3.63) is 83.1 Å². The van der Waals surface area contributed by atoms with E-state index in [-0.39, 0.29) is 16.7 Å². The lowest BCUT2D eigenvalue weighted by Gasteiger charge is -2.09. The zero-order chi connectivity index (χ0) is 17.8. The first kappa shape index (κ1) is 16.9. The van der Waals surface area contributed by atoms with E-state index in [9.17, 15) is 13.6 Å². The van der Waals surface area contributed by atoms with E-state index in [1.54, 1.807) is 6.07 Å². The number of pyridine rings is 1. The molecule has 2 aromatic carbocycles. The molecule has 0 radical (unpaired) electrons. The predicted octanol–water partition coefficient (Wildman–Crippen LogP) is 5.01. The summed E-state index contributed by atoms with van der Waals surface area (Å²) in [4.78, 5) is 16.3. The van der Waals surface area contributed by atoms with Gasteiger partial charge < -0.3 is 10.6 Å².